The minimum atomic E-state index is -0.807. The molecule has 2 rings (SSSR count). The lowest BCUT2D eigenvalue weighted by Crippen LogP contribution is -2.48. The Bertz CT molecular complexity index is 339. The molecule has 0 aromatic rings. The van der Waals surface area contributed by atoms with Crippen molar-refractivity contribution >= 4 is 12.0 Å². The lowest BCUT2D eigenvalue weighted by Gasteiger charge is -2.33. The summed E-state index contributed by atoms with van der Waals surface area (Å²) in [4.78, 5) is 26.7. The van der Waals surface area contributed by atoms with Crippen molar-refractivity contribution in [3.05, 3.63) is 0 Å². The topological polar surface area (TPSA) is 86.9 Å². The van der Waals surface area contributed by atoms with Crippen LogP contribution >= 0.6 is 0 Å². The number of rotatable bonds is 1. The molecular formula is C12H21N3O3. The van der Waals surface area contributed by atoms with E-state index in [-0.39, 0.29) is 18.0 Å². The molecule has 0 radical (unpaired) electrons. The van der Waals surface area contributed by atoms with Crippen LogP contribution in [0.4, 0.5) is 4.79 Å². The van der Waals surface area contributed by atoms with Crippen LogP contribution in [0.5, 0.6) is 0 Å². The molecule has 0 saturated carbocycles. The molecule has 18 heavy (non-hydrogen) atoms. The number of likely N-dealkylation sites (tertiary alicyclic amines) is 2. The summed E-state index contributed by atoms with van der Waals surface area (Å²) in [6.07, 6.45) is 1.66. The Morgan fingerprint density at radius 3 is 2.28 bits per heavy atom. The van der Waals surface area contributed by atoms with Crippen molar-refractivity contribution in [1.82, 2.24) is 9.80 Å². The fourth-order valence-corrected chi connectivity index (χ4v) is 2.74. The Morgan fingerprint density at radius 2 is 1.78 bits per heavy atom. The first-order chi connectivity index (χ1) is 8.49. The molecule has 2 fully saturated rings. The molecule has 6 heteroatoms. The lowest BCUT2D eigenvalue weighted by molar-refractivity contribution is -0.142. The van der Waals surface area contributed by atoms with Crippen LogP contribution in [-0.2, 0) is 4.79 Å². The Kier molecular flexibility index (Phi) is 3.75. The van der Waals surface area contributed by atoms with Crippen LogP contribution in [0.2, 0.25) is 0 Å². The van der Waals surface area contributed by atoms with Crippen LogP contribution in [-0.4, -0.2) is 59.1 Å². The molecule has 2 aliphatic rings. The molecule has 2 aliphatic heterocycles. The Balaban J connectivity index is 1.92. The van der Waals surface area contributed by atoms with Gasteiger partial charge < -0.3 is 20.6 Å². The molecule has 0 spiro atoms. The van der Waals surface area contributed by atoms with Gasteiger partial charge in [-0.3, -0.25) is 4.79 Å². The molecular weight excluding hydrogens is 234 g/mol. The zero-order valence-corrected chi connectivity index (χ0v) is 10.7. The van der Waals surface area contributed by atoms with Gasteiger partial charge in [-0.15, -0.1) is 0 Å². The number of hydrogen-bond acceptors (Lipinski definition) is 3. The number of amides is 2. The number of carboxylic acid groups (broad SMARTS) is 1. The van der Waals surface area contributed by atoms with E-state index >= 15 is 0 Å². The van der Waals surface area contributed by atoms with Gasteiger partial charge in [0, 0.05) is 32.2 Å². The molecule has 0 aromatic heterocycles. The molecule has 0 unspecified atom stereocenters. The number of aliphatic carboxylic acids is 1. The molecule has 2 amide bonds. The number of nitrogens with two attached hydrogens (primary N) is 1. The van der Waals surface area contributed by atoms with Crippen molar-refractivity contribution in [2.45, 2.75) is 25.8 Å². The van der Waals surface area contributed by atoms with Crippen molar-refractivity contribution in [3.8, 4) is 0 Å². The fourth-order valence-electron chi connectivity index (χ4n) is 2.74. The van der Waals surface area contributed by atoms with Gasteiger partial charge in [-0.1, -0.05) is 6.92 Å². The fraction of sp³-hybridized carbons (Fsp3) is 0.833. The third-order valence-corrected chi connectivity index (χ3v) is 4.01. The third kappa shape index (κ3) is 2.58. The van der Waals surface area contributed by atoms with Gasteiger partial charge >= 0.3 is 12.0 Å². The number of piperidine rings is 1. The average Bonchev–Trinajstić information content (AvgIpc) is 2.71. The van der Waals surface area contributed by atoms with Crippen molar-refractivity contribution in [2.75, 3.05) is 26.2 Å². The molecule has 2 heterocycles. The van der Waals surface area contributed by atoms with E-state index in [9.17, 15) is 9.59 Å². The predicted molar refractivity (Wildman–Crippen MR) is 66.0 cm³/mol. The smallest absolute Gasteiger partial charge is 0.320 e. The second-order valence-electron chi connectivity index (χ2n) is 5.43. The quantitative estimate of drug-likeness (QED) is 0.700. The Morgan fingerprint density at radius 1 is 1.17 bits per heavy atom. The van der Waals surface area contributed by atoms with E-state index in [1.807, 2.05) is 6.92 Å². The summed E-state index contributed by atoms with van der Waals surface area (Å²) in [7, 11) is 0. The van der Waals surface area contributed by atoms with E-state index in [1.165, 1.54) is 0 Å². The standard InChI is InChI=1S/C12H21N3O3/c1-8-6-15(7-10(8)11(16)17)12(18)14-4-2-9(13)3-5-14/h8-10H,2-7,13H2,1H3,(H,16,17)/t8-,10-/m1/s1. The van der Waals surface area contributed by atoms with Crippen LogP contribution in [0.15, 0.2) is 0 Å². The van der Waals surface area contributed by atoms with Crippen molar-refractivity contribution in [3.63, 3.8) is 0 Å². The van der Waals surface area contributed by atoms with Crippen LogP contribution in [0.25, 0.3) is 0 Å². The molecule has 0 aliphatic carbocycles. The van der Waals surface area contributed by atoms with E-state index in [4.69, 9.17) is 10.8 Å². The molecule has 6 nitrogen and oxygen atoms in total. The summed E-state index contributed by atoms with van der Waals surface area (Å²) < 4.78 is 0. The van der Waals surface area contributed by atoms with E-state index in [2.05, 4.69) is 0 Å². The highest BCUT2D eigenvalue weighted by molar-refractivity contribution is 5.77. The monoisotopic (exact) mass is 255 g/mol. The van der Waals surface area contributed by atoms with E-state index in [0.29, 0.717) is 26.2 Å². The number of carbonyl (C=O) groups is 2. The first kappa shape index (κ1) is 13.1. The lowest BCUT2D eigenvalue weighted by atomic mass is 9.99. The first-order valence-electron chi connectivity index (χ1n) is 6.51. The van der Waals surface area contributed by atoms with Crippen LogP contribution in [0, 0.1) is 11.8 Å². The van der Waals surface area contributed by atoms with E-state index < -0.39 is 11.9 Å². The second-order valence-corrected chi connectivity index (χ2v) is 5.43. The van der Waals surface area contributed by atoms with Gasteiger partial charge in [0.15, 0.2) is 0 Å². The predicted octanol–water partition coefficient (Wildman–Crippen LogP) is 0.182. The van der Waals surface area contributed by atoms with Gasteiger partial charge in [-0.2, -0.15) is 0 Å². The molecule has 0 aromatic carbocycles. The summed E-state index contributed by atoms with van der Waals surface area (Å²) >= 11 is 0. The molecule has 102 valence electrons. The minimum absolute atomic E-state index is 0.0264. The number of carboxylic acids is 1. The highest BCUT2D eigenvalue weighted by Gasteiger charge is 2.38. The molecule has 2 saturated heterocycles. The molecule has 2 atom stereocenters. The third-order valence-electron chi connectivity index (χ3n) is 4.01. The SMILES string of the molecule is C[C@@H]1CN(C(=O)N2CCC(N)CC2)C[C@H]1C(=O)O. The largest absolute Gasteiger partial charge is 0.481 e. The van der Waals surface area contributed by atoms with Crippen molar-refractivity contribution in [2.24, 2.45) is 17.6 Å². The van der Waals surface area contributed by atoms with Crippen molar-refractivity contribution < 1.29 is 14.7 Å². The Hall–Kier alpha value is -1.30. The zero-order chi connectivity index (χ0) is 13.3. The molecule has 3 N–H and O–H groups in total. The number of urea groups is 1. The van der Waals surface area contributed by atoms with Crippen LogP contribution < -0.4 is 5.73 Å². The summed E-state index contributed by atoms with van der Waals surface area (Å²) in [5.74, 6) is -1.21. The first-order valence-corrected chi connectivity index (χ1v) is 6.51. The molecule has 0 bridgehead atoms. The maximum atomic E-state index is 12.2. The average molecular weight is 255 g/mol. The van der Waals surface area contributed by atoms with Gasteiger partial charge in [0.2, 0.25) is 0 Å². The van der Waals surface area contributed by atoms with Gasteiger partial charge in [-0.05, 0) is 18.8 Å². The maximum Gasteiger partial charge on any atom is 0.320 e. The van der Waals surface area contributed by atoms with E-state index in [1.54, 1.807) is 9.80 Å². The normalized spacial score (nSPS) is 29.7. The summed E-state index contributed by atoms with van der Waals surface area (Å²) in [5, 5.41) is 9.06. The number of nitrogens with zero attached hydrogens (tertiary/aromatic N) is 2. The maximum absolute atomic E-state index is 12.2. The van der Waals surface area contributed by atoms with Gasteiger partial charge in [0.05, 0.1) is 5.92 Å². The zero-order valence-electron chi connectivity index (χ0n) is 10.7. The van der Waals surface area contributed by atoms with E-state index in [0.717, 1.165) is 12.8 Å². The second kappa shape index (κ2) is 5.14. The van der Waals surface area contributed by atoms with Gasteiger partial charge in [0.25, 0.3) is 0 Å². The van der Waals surface area contributed by atoms with Gasteiger partial charge in [0.1, 0.15) is 0 Å². The summed E-state index contributed by atoms with van der Waals surface area (Å²) in [6.45, 7) is 4.12. The van der Waals surface area contributed by atoms with Gasteiger partial charge in [-0.25, -0.2) is 4.79 Å². The van der Waals surface area contributed by atoms with Crippen LogP contribution in [0.1, 0.15) is 19.8 Å². The van der Waals surface area contributed by atoms with Crippen LogP contribution in [0.3, 0.4) is 0 Å². The highest BCUT2D eigenvalue weighted by Crippen LogP contribution is 2.24. The van der Waals surface area contributed by atoms with Crippen molar-refractivity contribution in [1.29, 1.82) is 0 Å². The number of carbonyl (C=O) groups excluding carboxylic acids is 1. The highest BCUT2D eigenvalue weighted by atomic mass is 16.4. The Labute approximate surface area is 107 Å². The summed E-state index contributed by atoms with van der Waals surface area (Å²) in [6, 6.07) is 0.163. The summed E-state index contributed by atoms with van der Waals surface area (Å²) in [5.41, 5.74) is 5.81. The number of hydrogen-bond donors (Lipinski definition) is 2. The minimum Gasteiger partial charge on any atom is -0.481 e.